The van der Waals surface area contributed by atoms with Crippen LogP contribution in [0.5, 0.6) is 0 Å². The standard InChI is InChI=1S/C30H60/c1-4-7-9-11-13-15-16-17-18-19-21-23-25-27-29-30(6-3)28-26-24-22-20-14-12-10-8-5-2/h4,7,30H,5-6,8-29H2,1-3H3/b7-4+. The Hall–Kier alpha value is -0.260. The molecule has 1 unspecified atom stereocenters. The summed E-state index contributed by atoms with van der Waals surface area (Å²) in [5.74, 6) is 1.02. The van der Waals surface area contributed by atoms with Crippen molar-refractivity contribution in [3.8, 4) is 0 Å². The van der Waals surface area contributed by atoms with Crippen molar-refractivity contribution in [2.24, 2.45) is 5.92 Å². The second-order valence-electron chi connectivity index (χ2n) is 9.93. The fourth-order valence-electron chi connectivity index (χ4n) is 4.75. The van der Waals surface area contributed by atoms with Gasteiger partial charge in [-0.2, -0.15) is 0 Å². The van der Waals surface area contributed by atoms with Crippen LogP contribution in [0.4, 0.5) is 0 Å². The van der Waals surface area contributed by atoms with Crippen LogP contribution in [0.2, 0.25) is 0 Å². The molecule has 0 bridgehead atoms. The molecule has 0 saturated carbocycles. The second kappa shape index (κ2) is 26.8. The Morgan fingerprint density at radius 3 is 1.20 bits per heavy atom. The third-order valence-corrected chi connectivity index (χ3v) is 7.01. The Morgan fingerprint density at radius 1 is 0.467 bits per heavy atom. The Balaban J connectivity index is 3.27. The predicted molar refractivity (Wildman–Crippen MR) is 140 cm³/mol. The third-order valence-electron chi connectivity index (χ3n) is 7.01. The van der Waals surface area contributed by atoms with Crippen LogP contribution in [-0.4, -0.2) is 0 Å². The maximum atomic E-state index is 2.42. The highest BCUT2D eigenvalue weighted by Crippen LogP contribution is 2.22. The van der Waals surface area contributed by atoms with Gasteiger partial charge in [0.2, 0.25) is 0 Å². The Labute approximate surface area is 193 Å². The van der Waals surface area contributed by atoms with Gasteiger partial charge in [0, 0.05) is 0 Å². The molecule has 0 N–H and O–H groups in total. The van der Waals surface area contributed by atoms with E-state index in [1.54, 1.807) is 0 Å². The quantitative estimate of drug-likeness (QED) is 0.102. The van der Waals surface area contributed by atoms with Gasteiger partial charge in [-0.05, 0) is 25.7 Å². The van der Waals surface area contributed by atoms with E-state index in [0.717, 1.165) is 5.92 Å². The molecule has 0 aromatic rings. The molecule has 0 aliphatic heterocycles. The first-order chi connectivity index (χ1) is 14.8. The molecular weight excluding hydrogens is 360 g/mol. The van der Waals surface area contributed by atoms with Gasteiger partial charge in [-0.1, -0.05) is 167 Å². The smallest absolute Gasteiger partial charge is 0.0351 e. The van der Waals surface area contributed by atoms with Crippen molar-refractivity contribution in [2.75, 3.05) is 0 Å². The molecule has 0 heterocycles. The molecule has 0 aromatic carbocycles. The minimum atomic E-state index is 1.02. The van der Waals surface area contributed by atoms with E-state index in [2.05, 4.69) is 32.9 Å². The average molecular weight is 421 g/mol. The van der Waals surface area contributed by atoms with Crippen LogP contribution in [-0.2, 0) is 0 Å². The molecule has 0 aliphatic rings. The lowest BCUT2D eigenvalue weighted by molar-refractivity contribution is 0.392. The largest absolute Gasteiger partial charge is 0.0917 e. The van der Waals surface area contributed by atoms with Crippen LogP contribution in [0.3, 0.4) is 0 Å². The zero-order valence-electron chi connectivity index (χ0n) is 21.7. The highest BCUT2D eigenvalue weighted by Gasteiger charge is 2.06. The maximum Gasteiger partial charge on any atom is -0.0351 e. The van der Waals surface area contributed by atoms with Crippen molar-refractivity contribution in [3.63, 3.8) is 0 Å². The summed E-state index contributed by atoms with van der Waals surface area (Å²) in [6, 6.07) is 0. The topological polar surface area (TPSA) is 0 Å². The third kappa shape index (κ3) is 24.0. The minimum absolute atomic E-state index is 1.02. The van der Waals surface area contributed by atoms with Crippen LogP contribution in [0, 0.1) is 5.92 Å². The van der Waals surface area contributed by atoms with E-state index < -0.39 is 0 Å². The van der Waals surface area contributed by atoms with Gasteiger partial charge in [-0.15, -0.1) is 0 Å². The summed E-state index contributed by atoms with van der Waals surface area (Å²) in [6.07, 6.45) is 39.5. The predicted octanol–water partition coefficient (Wildman–Crippen LogP) is 11.6. The summed E-state index contributed by atoms with van der Waals surface area (Å²) in [5.41, 5.74) is 0. The molecule has 0 rings (SSSR count). The normalized spacial score (nSPS) is 12.8. The van der Waals surface area contributed by atoms with E-state index in [9.17, 15) is 0 Å². The molecule has 0 nitrogen and oxygen atoms in total. The lowest BCUT2D eigenvalue weighted by Crippen LogP contribution is -1.99. The first kappa shape index (κ1) is 29.7. The van der Waals surface area contributed by atoms with Crippen LogP contribution in [0.25, 0.3) is 0 Å². The van der Waals surface area contributed by atoms with Crippen LogP contribution >= 0.6 is 0 Å². The summed E-state index contributed by atoms with van der Waals surface area (Å²) >= 11 is 0. The van der Waals surface area contributed by atoms with Crippen molar-refractivity contribution in [1.29, 1.82) is 0 Å². The highest BCUT2D eigenvalue weighted by molar-refractivity contribution is 4.76. The Morgan fingerprint density at radius 2 is 0.833 bits per heavy atom. The number of rotatable bonds is 25. The molecule has 0 heteroatoms. The highest BCUT2D eigenvalue weighted by atomic mass is 14.1. The SMILES string of the molecule is C/C=C/CCCCCCCCCCCCCC(CC)CCCCCCCCCCC. The molecule has 1 atom stereocenters. The van der Waals surface area contributed by atoms with Gasteiger partial charge < -0.3 is 0 Å². The van der Waals surface area contributed by atoms with Gasteiger partial charge in [-0.25, -0.2) is 0 Å². The molecule has 0 aliphatic carbocycles. The monoisotopic (exact) mass is 420 g/mol. The van der Waals surface area contributed by atoms with E-state index in [1.807, 2.05) is 0 Å². The molecular formula is C30H60. The van der Waals surface area contributed by atoms with Crippen molar-refractivity contribution in [1.82, 2.24) is 0 Å². The molecule has 0 saturated heterocycles. The summed E-state index contributed by atoms with van der Waals surface area (Å²) in [5, 5.41) is 0. The molecule has 30 heavy (non-hydrogen) atoms. The van der Waals surface area contributed by atoms with E-state index in [0.29, 0.717) is 0 Å². The van der Waals surface area contributed by atoms with Crippen molar-refractivity contribution in [2.45, 2.75) is 175 Å². The van der Waals surface area contributed by atoms with Gasteiger partial charge >= 0.3 is 0 Å². The first-order valence-electron chi connectivity index (χ1n) is 14.5. The maximum absolute atomic E-state index is 2.42. The number of allylic oxidation sites excluding steroid dienone is 2. The zero-order chi connectivity index (χ0) is 22.0. The first-order valence-corrected chi connectivity index (χ1v) is 14.5. The van der Waals surface area contributed by atoms with Gasteiger partial charge in [0.1, 0.15) is 0 Å². The fraction of sp³-hybridized carbons (Fsp3) is 0.933. The minimum Gasteiger partial charge on any atom is -0.0917 e. The van der Waals surface area contributed by atoms with Gasteiger partial charge in [0.05, 0.1) is 0 Å². The van der Waals surface area contributed by atoms with E-state index >= 15 is 0 Å². The van der Waals surface area contributed by atoms with E-state index in [4.69, 9.17) is 0 Å². The lowest BCUT2D eigenvalue weighted by atomic mass is 9.92. The molecule has 0 spiro atoms. The van der Waals surface area contributed by atoms with Gasteiger partial charge in [-0.3, -0.25) is 0 Å². The van der Waals surface area contributed by atoms with Crippen molar-refractivity contribution < 1.29 is 0 Å². The zero-order valence-corrected chi connectivity index (χ0v) is 21.7. The molecule has 180 valence electrons. The second-order valence-corrected chi connectivity index (χ2v) is 9.93. The molecule has 0 aromatic heterocycles. The molecule has 0 radical (unpaired) electrons. The molecule has 0 amide bonds. The van der Waals surface area contributed by atoms with Crippen molar-refractivity contribution in [3.05, 3.63) is 12.2 Å². The van der Waals surface area contributed by atoms with Crippen LogP contribution in [0.15, 0.2) is 12.2 Å². The Bertz CT molecular complexity index is 316. The number of unbranched alkanes of at least 4 members (excludes halogenated alkanes) is 19. The fourth-order valence-corrected chi connectivity index (χ4v) is 4.75. The number of hydrogen-bond acceptors (Lipinski definition) is 0. The summed E-state index contributed by atoms with van der Waals surface area (Å²) in [6.45, 7) is 6.85. The molecule has 0 fully saturated rings. The summed E-state index contributed by atoms with van der Waals surface area (Å²) < 4.78 is 0. The van der Waals surface area contributed by atoms with Crippen LogP contribution in [0.1, 0.15) is 175 Å². The summed E-state index contributed by atoms with van der Waals surface area (Å²) in [4.78, 5) is 0. The van der Waals surface area contributed by atoms with E-state index in [1.165, 1.54) is 154 Å². The van der Waals surface area contributed by atoms with Gasteiger partial charge in [0.25, 0.3) is 0 Å². The average Bonchev–Trinajstić information content (AvgIpc) is 2.76. The Kier molecular flexibility index (Phi) is 26.5. The van der Waals surface area contributed by atoms with Gasteiger partial charge in [0.15, 0.2) is 0 Å². The number of hydrogen-bond donors (Lipinski definition) is 0. The summed E-state index contributed by atoms with van der Waals surface area (Å²) in [7, 11) is 0. The van der Waals surface area contributed by atoms with Crippen LogP contribution < -0.4 is 0 Å². The van der Waals surface area contributed by atoms with E-state index in [-0.39, 0.29) is 0 Å². The van der Waals surface area contributed by atoms with Crippen molar-refractivity contribution >= 4 is 0 Å². The lowest BCUT2D eigenvalue weighted by Gasteiger charge is -2.14.